The van der Waals surface area contributed by atoms with Gasteiger partial charge in [0.25, 0.3) is 5.91 Å². The van der Waals surface area contributed by atoms with Crippen LogP contribution in [0.5, 0.6) is 0 Å². The molecule has 10 heteroatoms. The zero-order valence-electron chi connectivity index (χ0n) is 22.8. The number of hydrogen-bond acceptors (Lipinski definition) is 7. The number of rotatable bonds is 10. The normalized spacial score (nSPS) is 11.8. The highest BCUT2D eigenvalue weighted by Gasteiger charge is 2.25. The standard InChI is InChI=1S/C31H29N5O2S3/c1-19-9-13-22(14-10-19)25-17-40-30(27(25)28(32)37)33-29(38)21(3)41-31-35-34-26(36(31)23-7-5-4-6-8-23)18-39-24-15-11-20(2)12-16-24/h4-17,21H,18H2,1-3H3,(H2,32,37)(H,33,38). The predicted molar refractivity (Wildman–Crippen MR) is 169 cm³/mol. The molecule has 3 N–H and O–H groups in total. The van der Waals surface area contributed by atoms with Crippen molar-refractivity contribution in [1.82, 2.24) is 14.8 Å². The Morgan fingerprint density at radius 2 is 1.61 bits per heavy atom. The second kappa shape index (κ2) is 12.8. The van der Waals surface area contributed by atoms with Crippen molar-refractivity contribution in [1.29, 1.82) is 0 Å². The number of aryl methyl sites for hydroxylation is 2. The molecule has 1 unspecified atom stereocenters. The molecular formula is C31H29N5O2S3. The van der Waals surface area contributed by atoms with E-state index in [1.54, 1.807) is 11.8 Å². The lowest BCUT2D eigenvalue weighted by Gasteiger charge is -2.14. The van der Waals surface area contributed by atoms with Crippen LogP contribution in [0.25, 0.3) is 16.8 Å². The second-order valence-corrected chi connectivity index (χ2v) is 12.7. The lowest BCUT2D eigenvalue weighted by Crippen LogP contribution is -2.24. The van der Waals surface area contributed by atoms with Crippen LogP contribution < -0.4 is 11.1 Å². The van der Waals surface area contributed by atoms with Gasteiger partial charge in [0.15, 0.2) is 5.16 Å². The first-order chi connectivity index (χ1) is 19.8. The van der Waals surface area contributed by atoms with Gasteiger partial charge in [-0.05, 0) is 50.6 Å². The number of primary amides is 1. The summed E-state index contributed by atoms with van der Waals surface area (Å²) in [4.78, 5) is 26.9. The molecule has 0 spiro atoms. The average Bonchev–Trinajstić information content (AvgIpc) is 3.57. The van der Waals surface area contributed by atoms with Gasteiger partial charge in [-0.2, -0.15) is 0 Å². The monoisotopic (exact) mass is 599 g/mol. The summed E-state index contributed by atoms with van der Waals surface area (Å²) >= 11 is 4.28. The number of amides is 2. The van der Waals surface area contributed by atoms with Crippen LogP contribution in [0.4, 0.5) is 5.00 Å². The summed E-state index contributed by atoms with van der Waals surface area (Å²) in [6.45, 7) is 5.88. The second-order valence-electron chi connectivity index (χ2n) is 9.50. The number of nitrogens with two attached hydrogens (primary N) is 1. The molecule has 7 nitrogen and oxygen atoms in total. The zero-order chi connectivity index (χ0) is 28.9. The molecule has 2 amide bonds. The molecular weight excluding hydrogens is 571 g/mol. The van der Waals surface area contributed by atoms with Crippen molar-refractivity contribution in [3.63, 3.8) is 0 Å². The number of carbonyl (C=O) groups is 2. The molecule has 0 aliphatic rings. The summed E-state index contributed by atoms with van der Waals surface area (Å²) in [5, 5.41) is 14.2. The van der Waals surface area contributed by atoms with E-state index >= 15 is 0 Å². The molecule has 3 aromatic carbocycles. The number of hydrogen-bond donors (Lipinski definition) is 2. The fraction of sp³-hybridized carbons (Fsp3) is 0.161. The van der Waals surface area contributed by atoms with Crippen LogP contribution in [0.15, 0.2) is 94.3 Å². The van der Waals surface area contributed by atoms with Crippen LogP contribution in [0, 0.1) is 13.8 Å². The van der Waals surface area contributed by atoms with Crippen molar-refractivity contribution in [2.24, 2.45) is 5.73 Å². The quantitative estimate of drug-likeness (QED) is 0.166. The van der Waals surface area contributed by atoms with Crippen molar-refractivity contribution in [2.45, 2.75) is 41.8 Å². The number of nitrogens with one attached hydrogen (secondary N) is 1. The molecule has 5 aromatic rings. The number of para-hydroxylation sites is 1. The third kappa shape index (κ3) is 6.73. The minimum absolute atomic E-state index is 0.256. The van der Waals surface area contributed by atoms with Gasteiger partial charge in [0.1, 0.15) is 10.8 Å². The number of thioether (sulfide) groups is 2. The molecule has 41 heavy (non-hydrogen) atoms. The fourth-order valence-corrected chi connectivity index (χ4v) is 6.83. The predicted octanol–water partition coefficient (Wildman–Crippen LogP) is 7.12. The molecule has 1 atom stereocenters. The van der Waals surface area contributed by atoms with E-state index in [2.05, 4.69) is 46.7 Å². The van der Waals surface area contributed by atoms with Gasteiger partial charge < -0.3 is 11.1 Å². The fourth-order valence-electron chi connectivity index (χ4n) is 4.15. The molecule has 0 bridgehead atoms. The summed E-state index contributed by atoms with van der Waals surface area (Å²) in [5.41, 5.74) is 10.9. The topological polar surface area (TPSA) is 103 Å². The van der Waals surface area contributed by atoms with Crippen LogP contribution in [0.3, 0.4) is 0 Å². The Morgan fingerprint density at radius 1 is 0.951 bits per heavy atom. The molecule has 0 aliphatic heterocycles. The Morgan fingerprint density at radius 3 is 2.27 bits per heavy atom. The van der Waals surface area contributed by atoms with Crippen molar-refractivity contribution in [3.8, 4) is 16.8 Å². The van der Waals surface area contributed by atoms with Crippen LogP contribution in [0.2, 0.25) is 0 Å². The molecule has 5 rings (SSSR count). The van der Waals surface area contributed by atoms with Gasteiger partial charge in [0.2, 0.25) is 5.91 Å². The minimum Gasteiger partial charge on any atom is -0.365 e. The third-order valence-electron chi connectivity index (χ3n) is 6.39. The lowest BCUT2D eigenvalue weighted by molar-refractivity contribution is -0.115. The molecule has 0 saturated carbocycles. The van der Waals surface area contributed by atoms with Gasteiger partial charge in [-0.1, -0.05) is 77.5 Å². The Kier molecular flexibility index (Phi) is 8.92. The lowest BCUT2D eigenvalue weighted by atomic mass is 10.0. The van der Waals surface area contributed by atoms with Crippen molar-refractivity contribution in [2.75, 3.05) is 5.32 Å². The Hall–Kier alpha value is -3.86. The van der Waals surface area contributed by atoms with E-state index in [4.69, 9.17) is 5.73 Å². The van der Waals surface area contributed by atoms with E-state index in [9.17, 15) is 9.59 Å². The van der Waals surface area contributed by atoms with E-state index in [0.29, 0.717) is 27.0 Å². The maximum atomic E-state index is 13.3. The van der Waals surface area contributed by atoms with Gasteiger partial charge in [-0.3, -0.25) is 14.2 Å². The van der Waals surface area contributed by atoms with Crippen LogP contribution in [-0.2, 0) is 10.5 Å². The van der Waals surface area contributed by atoms with E-state index in [-0.39, 0.29) is 5.91 Å². The molecule has 2 heterocycles. The van der Waals surface area contributed by atoms with Gasteiger partial charge in [0, 0.05) is 21.5 Å². The van der Waals surface area contributed by atoms with Crippen molar-refractivity contribution < 1.29 is 9.59 Å². The smallest absolute Gasteiger partial charge is 0.252 e. The highest BCUT2D eigenvalue weighted by atomic mass is 32.2. The largest absolute Gasteiger partial charge is 0.365 e. The summed E-state index contributed by atoms with van der Waals surface area (Å²) in [6.07, 6.45) is 0. The maximum absolute atomic E-state index is 13.3. The van der Waals surface area contributed by atoms with Gasteiger partial charge in [0.05, 0.1) is 16.6 Å². The summed E-state index contributed by atoms with van der Waals surface area (Å²) < 4.78 is 1.99. The molecule has 208 valence electrons. The van der Waals surface area contributed by atoms with Crippen LogP contribution >= 0.6 is 34.9 Å². The summed E-state index contributed by atoms with van der Waals surface area (Å²) in [6, 6.07) is 26.1. The third-order valence-corrected chi connectivity index (χ3v) is 9.34. The minimum atomic E-state index is -0.586. The number of benzene rings is 3. The SMILES string of the molecule is Cc1ccc(SCc2nnc(SC(C)C(=O)Nc3scc(-c4ccc(C)cc4)c3C(N)=O)n2-c2ccccc2)cc1. The first kappa shape index (κ1) is 28.7. The Labute approximate surface area is 251 Å². The molecule has 0 aliphatic carbocycles. The average molecular weight is 600 g/mol. The number of carbonyl (C=O) groups excluding carboxylic acids is 2. The molecule has 0 saturated heterocycles. The van der Waals surface area contributed by atoms with Gasteiger partial charge >= 0.3 is 0 Å². The maximum Gasteiger partial charge on any atom is 0.252 e. The summed E-state index contributed by atoms with van der Waals surface area (Å²) in [7, 11) is 0. The highest BCUT2D eigenvalue weighted by molar-refractivity contribution is 8.00. The van der Waals surface area contributed by atoms with E-state index in [0.717, 1.165) is 27.5 Å². The van der Waals surface area contributed by atoms with Crippen molar-refractivity contribution in [3.05, 3.63) is 107 Å². The van der Waals surface area contributed by atoms with Gasteiger partial charge in [-0.15, -0.1) is 33.3 Å². The van der Waals surface area contributed by atoms with Crippen molar-refractivity contribution >= 4 is 51.7 Å². The molecule has 2 aromatic heterocycles. The first-order valence-electron chi connectivity index (χ1n) is 12.9. The Balaban J connectivity index is 1.35. The number of anilines is 1. The highest BCUT2D eigenvalue weighted by Crippen LogP contribution is 2.36. The zero-order valence-corrected chi connectivity index (χ0v) is 25.3. The van der Waals surface area contributed by atoms with E-state index < -0.39 is 11.2 Å². The number of aromatic nitrogens is 3. The molecule has 0 fully saturated rings. The van der Waals surface area contributed by atoms with E-state index in [1.165, 1.54) is 28.7 Å². The molecule has 0 radical (unpaired) electrons. The van der Waals surface area contributed by atoms with Gasteiger partial charge in [-0.25, -0.2) is 0 Å². The first-order valence-corrected chi connectivity index (χ1v) is 15.7. The summed E-state index contributed by atoms with van der Waals surface area (Å²) in [5.74, 6) is 0.560. The number of nitrogens with zero attached hydrogens (tertiary/aromatic N) is 3. The van der Waals surface area contributed by atoms with Crippen LogP contribution in [-0.4, -0.2) is 31.8 Å². The number of thiophene rings is 1. The van der Waals surface area contributed by atoms with Crippen LogP contribution in [0.1, 0.15) is 34.2 Å². The Bertz CT molecular complexity index is 1660. The van der Waals surface area contributed by atoms with E-state index in [1.807, 2.05) is 78.4 Å².